The van der Waals surface area contributed by atoms with Crippen molar-refractivity contribution in [2.75, 3.05) is 6.61 Å². The van der Waals surface area contributed by atoms with Crippen molar-refractivity contribution >= 4 is 17.5 Å². The van der Waals surface area contributed by atoms with E-state index < -0.39 is 5.82 Å². The van der Waals surface area contributed by atoms with Crippen LogP contribution in [0.1, 0.15) is 23.6 Å². The first-order chi connectivity index (χ1) is 11.3. The maximum atomic E-state index is 13.7. The second kappa shape index (κ2) is 8.15. The second-order valence-corrected chi connectivity index (χ2v) is 6.37. The minimum atomic E-state index is -0.475. The summed E-state index contributed by atoms with van der Waals surface area (Å²) in [5.41, 5.74) is 2.68. The van der Waals surface area contributed by atoms with Crippen LogP contribution in [0.2, 0.25) is 5.02 Å². The number of nitrogens with one attached hydrogen (secondary N) is 1. The zero-order valence-corrected chi connectivity index (χ0v) is 14.8. The van der Waals surface area contributed by atoms with Gasteiger partial charge in [0.15, 0.2) is 0 Å². The molecule has 0 saturated carbocycles. The van der Waals surface area contributed by atoms with Crippen LogP contribution in [0.4, 0.5) is 4.39 Å². The Morgan fingerprint density at radius 3 is 2.62 bits per heavy atom. The molecule has 0 aliphatic rings. The first-order valence-corrected chi connectivity index (χ1v) is 8.16. The summed E-state index contributed by atoms with van der Waals surface area (Å²) in [6, 6.07) is 9.97. The van der Waals surface area contributed by atoms with Crippen LogP contribution < -0.4 is 10.1 Å². The van der Waals surface area contributed by atoms with Crippen LogP contribution in [0.3, 0.4) is 0 Å². The fraction of sp³-hybridized carbons (Fsp3) is 0.316. The molecule has 1 N–H and O–H groups in total. The van der Waals surface area contributed by atoms with Crippen LogP contribution >= 0.6 is 11.6 Å². The molecule has 2 aromatic carbocycles. The van der Waals surface area contributed by atoms with Crippen LogP contribution in [-0.2, 0) is 11.2 Å². The van der Waals surface area contributed by atoms with Crippen LogP contribution in [-0.4, -0.2) is 18.6 Å². The van der Waals surface area contributed by atoms with Gasteiger partial charge >= 0.3 is 0 Å². The number of carbonyl (C=O) groups is 1. The Bertz CT molecular complexity index is 733. The number of hydrogen-bond donors (Lipinski definition) is 1. The smallest absolute Gasteiger partial charge is 0.224 e. The molecule has 0 bridgehead atoms. The van der Waals surface area contributed by atoms with Gasteiger partial charge in [0.2, 0.25) is 5.91 Å². The average molecular weight is 350 g/mol. The lowest BCUT2D eigenvalue weighted by Gasteiger charge is -2.16. The third-order valence-electron chi connectivity index (χ3n) is 3.75. The van der Waals surface area contributed by atoms with Gasteiger partial charge in [-0.3, -0.25) is 4.79 Å². The van der Waals surface area contributed by atoms with Crippen LogP contribution in [0.5, 0.6) is 5.75 Å². The molecule has 1 atom stereocenters. The van der Waals surface area contributed by atoms with Gasteiger partial charge in [-0.05, 0) is 61.7 Å². The summed E-state index contributed by atoms with van der Waals surface area (Å²) in [5.74, 6) is 0.0343. The molecule has 0 spiro atoms. The van der Waals surface area contributed by atoms with Gasteiger partial charge in [-0.1, -0.05) is 23.7 Å². The van der Waals surface area contributed by atoms with E-state index in [1.807, 2.05) is 39.0 Å². The van der Waals surface area contributed by atoms with E-state index in [2.05, 4.69) is 5.32 Å². The van der Waals surface area contributed by atoms with Crippen molar-refractivity contribution in [3.63, 3.8) is 0 Å². The Balaban J connectivity index is 1.83. The van der Waals surface area contributed by atoms with E-state index >= 15 is 0 Å². The normalized spacial score (nSPS) is 11.9. The van der Waals surface area contributed by atoms with Crippen LogP contribution in [0.25, 0.3) is 0 Å². The quantitative estimate of drug-likeness (QED) is 0.847. The van der Waals surface area contributed by atoms with Gasteiger partial charge in [0.05, 0.1) is 12.5 Å². The summed E-state index contributed by atoms with van der Waals surface area (Å²) in [5, 5.41) is 3.11. The highest BCUT2D eigenvalue weighted by Crippen LogP contribution is 2.17. The number of benzene rings is 2. The molecule has 0 radical (unpaired) electrons. The Morgan fingerprint density at radius 1 is 1.21 bits per heavy atom. The second-order valence-electron chi connectivity index (χ2n) is 5.94. The molecule has 1 amide bonds. The molecule has 0 aromatic heterocycles. The van der Waals surface area contributed by atoms with E-state index in [1.165, 1.54) is 17.7 Å². The largest absolute Gasteiger partial charge is 0.491 e. The molecule has 0 fully saturated rings. The third kappa shape index (κ3) is 5.24. The molecule has 2 rings (SSSR count). The van der Waals surface area contributed by atoms with E-state index in [9.17, 15) is 9.18 Å². The van der Waals surface area contributed by atoms with Crippen molar-refractivity contribution in [3.05, 3.63) is 63.9 Å². The van der Waals surface area contributed by atoms with Gasteiger partial charge in [0.25, 0.3) is 0 Å². The van der Waals surface area contributed by atoms with Crippen molar-refractivity contribution < 1.29 is 13.9 Å². The fourth-order valence-electron chi connectivity index (χ4n) is 2.23. The lowest BCUT2D eigenvalue weighted by molar-refractivity contribution is -0.121. The maximum Gasteiger partial charge on any atom is 0.224 e. The molecule has 24 heavy (non-hydrogen) atoms. The Morgan fingerprint density at radius 2 is 1.96 bits per heavy atom. The summed E-state index contributed by atoms with van der Waals surface area (Å²) in [4.78, 5) is 12.0. The molecule has 5 heteroatoms. The van der Waals surface area contributed by atoms with Crippen LogP contribution in [0.15, 0.2) is 36.4 Å². The van der Waals surface area contributed by atoms with Crippen LogP contribution in [0, 0.1) is 19.7 Å². The van der Waals surface area contributed by atoms with Gasteiger partial charge in [-0.2, -0.15) is 0 Å². The summed E-state index contributed by atoms with van der Waals surface area (Å²) in [7, 11) is 0. The van der Waals surface area contributed by atoms with Gasteiger partial charge < -0.3 is 10.1 Å². The topological polar surface area (TPSA) is 38.3 Å². The van der Waals surface area contributed by atoms with Gasteiger partial charge in [0, 0.05) is 5.02 Å². The molecule has 0 saturated heterocycles. The highest BCUT2D eigenvalue weighted by Gasteiger charge is 2.12. The fourth-order valence-corrected chi connectivity index (χ4v) is 2.39. The Hall–Kier alpha value is -2.07. The molecule has 2 aromatic rings. The van der Waals surface area contributed by atoms with E-state index in [0.29, 0.717) is 17.2 Å². The highest BCUT2D eigenvalue weighted by molar-refractivity contribution is 6.30. The minimum absolute atomic E-state index is 0.0308. The SMILES string of the molecule is Cc1ccc(OC[C@@H](C)NC(=O)Cc2ccc(Cl)cc2F)cc1C. The van der Waals surface area contributed by atoms with Gasteiger partial charge in [-0.25, -0.2) is 4.39 Å². The predicted molar refractivity (Wildman–Crippen MR) is 94.1 cm³/mol. The number of carbonyl (C=O) groups excluding carboxylic acids is 1. The molecule has 0 heterocycles. The third-order valence-corrected chi connectivity index (χ3v) is 3.99. The number of halogens is 2. The van der Waals surface area contributed by atoms with E-state index in [4.69, 9.17) is 16.3 Å². The predicted octanol–water partition coefficient (Wildman–Crippen LogP) is 4.22. The Labute approximate surface area is 146 Å². The standard InChI is InChI=1S/C19H21ClFNO2/c1-12-4-7-17(8-13(12)2)24-11-14(3)22-19(23)9-15-5-6-16(20)10-18(15)21/h4-8,10,14H,9,11H2,1-3H3,(H,22,23)/t14-/m1/s1. The van der Waals surface area contributed by atoms with Crippen molar-refractivity contribution in [2.24, 2.45) is 0 Å². The molecule has 3 nitrogen and oxygen atoms in total. The van der Waals surface area contributed by atoms with Crippen molar-refractivity contribution in [3.8, 4) is 5.75 Å². The molecule has 0 aliphatic heterocycles. The van der Waals surface area contributed by atoms with E-state index in [-0.39, 0.29) is 18.4 Å². The first kappa shape index (κ1) is 18.3. The summed E-state index contributed by atoms with van der Waals surface area (Å²) in [6.07, 6.45) is -0.0308. The maximum absolute atomic E-state index is 13.7. The minimum Gasteiger partial charge on any atom is -0.491 e. The Kier molecular flexibility index (Phi) is 6.21. The van der Waals surface area contributed by atoms with Crippen molar-refractivity contribution in [2.45, 2.75) is 33.2 Å². The average Bonchev–Trinajstić information content (AvgIpc) is 2.51. The van der Waals surface area contributed by atoms with Gasteiger partial charge in [-0.15, -0.1) is 0 Å². The van der Waals surface area contributed by atoms with E-state index in [0.717, 1.165) is 11.3 Å². The molecule has 0 aliphatic carbocycles. The summed E-state index contributed by atoms with van der Waals surface area (Å²) >= 11 is 5.70. The monoisotopic (exact) mass is 349 g/mol. The lowest BCUT2D eigenvalue weighted by Crippen LogP contribution is -2.37. The zero-order valence-electron chi connectivity index (χ0n) is 14.0. The zero-order chi connectivity index (χ0) is 17.7. The molecule has 128 valence electrons. The number of ether oxygens (including phenoxy) is 1. The highest BCUT2D eigenvalue weighted by atomic mass is 35.5. The van der Waals surface area contributed by atoms with Gasteiger partial charge in [0.1, 0.15) is 18.2 Å². The number of aryl methyl sites for hydroxylation is 2. The molecular formula is C19H21ClFNO2. The number of rotatable bonds is 6. The first-order valence-electron chi connectivity index (χ1n) is 7.78. The number of amides is 1. The van der Waals surface area contributed by atoms with Crippen molar-refractivity contribution in [1.29, 1.82) is 0 Å². The summed E-state index contributed by atoms with van der Waals surface area (Å²) < 4.78 is 19.4. The summed E-state index contributed by atoms with van der Waals surface area (Å²) in [6.45, 7) is 6.25. The molecule has 0 unspecified atom stereocenters. The lowest BCUT2D eigenvalue weighted by atomic mass is 10.1. The number of hydrogen-bond acceptors (Lipinski definition) is 2. The molecular weight excluding hydrogens is 329 g/mol. The van der Waals surface area contributed by atoms with Crippen molar-refractivity contribution in [1.82, 2.24) is 5.32 Å². The van der Waals surface area contributed by atoms with E-state index in [1.54, 1.807) is 6.07 Å².